The summed E-state index contributed by atoms with van der Waals surface area (Å²) in [5, 5.41) is 11.2. The third-order valence-corrected chi connectivity index (χ3v) is 2.57. The van der Waals surface area contributed by atoms with Gasteiger partial charge in [-0.25, -0.2) is 9.18 Å². The van der Waals surface area contributed by atoms with E-state index >= 15 is 0 Å². The van der Waals surface area contributed by atoms with Crippen LogP contribution in [-0.4, -0.2) is 48.8 Å². The predicted molar refractivity (Wildman–Crippen MR) is 69.7 cm³/mol. The number of carbonyl (C=O) groups excluding carboxylic acids is 1. The second-order valence-electron chi connectivity index (χ2n) is 4.06. The summed E-state index contributed by atoms with van der Waals surface area (Å²) in [4.78, 5) is 23.6. The largest absolute Gasteiger partial charge is 0.480 e. The van der Waals surface area contributed by atoms with E-state index in [0.29, 0.717) is 5.56 Å². The van der Waals surface area contributed by atoms with Crippen molar-refractivity contribution in [3.8, 4) is 0 Å². The molecule has 0 atom stereocenters. The van der Waals surface area contributed by atoms with Gasteiger partial charge in [0.2, 0.25) is 0 Å². The number of rotatable bonds is 7. The molecule has 0 unspecified atom stereocenters. The summed E-state index contributed by atoms with van der Waals surface area (Å²) in [7, 11) is 1.45. The fraction of sp³-hybridized carbons (Fsp3) is 0.385. The van der Waals surface area contributed by atoms with Gasteiger partial charge in [-0.15, -0.1) is 0 Å². The molecule has 1 rings (SSSR count). The van der Waals surface area contributed by atoms with Crippen molar-refractivity contribution in [1.29, 1.82) is 0 Å². The van der Waals surface area contributed by atoms with Crippen LogP contribution in [0.4, 0.5) is 9.18 Å². The van der Waals surface area contributed by atoms with Gasteiger partial charge in [0.05, 0.1) is 6.61 Å². The van der Waals surface area contributed by atoms with Crippen LogP contribution in [0.15, 0.2) is 24.3 Å². The Morgan fingerprint density at radius 3 is 2.70 bits per heavy atom. The number of methoxy groups -OCH3 is 1. The standard InChI is InChI=1S/C13H17FN2O4/c1-20-7-6-16(9-12(17)18)13(19)15-8-10-4-2-3-5-11(10)14/h2-5H,6-9H2,1H3,(H,15,19)(H,17,18). The van der Waals surface area contributed by atoms with Crippen molar-refractivity contribution in [1.82, 2.24) is 10.2 Å². The van der Waals surface area contributed by atoms with Crippen molar-refractivity contribution in [3.05, 3.63) is 35.6 Å². The molecule has 20 heavy (non-hydrogen) atoms. The first-order valence-electron chi connectivity index (χ1n) is 6.01. The summed E-state index contributed by atoms with van der Waals surface area (Å²) >= 11 is 0. The number of nitrogens with zero attached hydrogens (tertiary/aromatic N) is 1. The number of nitrogens with one attached hydrogen (secondary N) is 1. The Morgan fingerprint density at radius 2 is 2.10 bits per heavy atom. The number of urea groups is 1. The number of carbonyl (C=O) groups is 2. The molecule has 1 aromatic carbocycles. The van der Waals surface area contributed by atoms with Crippen LogP contribution in [0.25, 0.3) is 0 Å². The first kappa shape index (κ1) is 15.9. The van der Waals surface area contributed by atoms with Gasteiger partial charge in [0.15, 0.2) is 0 Å². The van der Waals surface area contributed by atoms with Gasteiger partial charge in [0.1, 0.15) is 12.4 Å². The molecule has 0 spiro atoms. The minimum Gasteiger partial charge on any atom is -0.480 e. The predicted octanol–water partition coefficient (Wildman–Crippen LogP) is 1.07. The molecule has 0 fully saturated rings. The topological polar surface area (TPSA) is 78.9 Å². The zero-order valence-electron chi connectivity index (χ0n) is 11.1. The minimum absolute atomic E-state index is 0.00535. The quantitative estimate of drug-likeness (QED) is 0.785. The first-order chi connectivity index (χ1) is 9.54. The molecule has 0 radical (unpaired) electrons. The van der Waals surface area contributed by atoms with Crippen LogP contribution in [0.5, 0.6) is 0 Å². The van der Waals surface area contributed by atoms with Gasteiger partial charge in [0.25, 0.3) is 0 Å². The van der Waals surface area contributed by atoms with E-state index in [1.807, 2.05) is 0 Å². The summed E-state index contributed by atoms with van der Waals surface area (Å²) in [5.74, 6) is -1.54. The average molecular weight is 284 g/mol. The molecule has 0 aliphatic rings. The maximum absolute atomic E-state index is 13.4. The Balaban J connectivity index is 2.57. The van der Waals surface area contributed by atoms with Gasteiger partial charge in [0, 0.05) is 25.8 Å². The summed E-state index contributed by atoms with van der Waals surface area (Å²) in [6.07, 6.45) is 0. The molecule has 7 heteroatoms. The minimum atomic E-state index is -1.12. The van der Waals surface area contributed by atoms with E-state index in [9.17, 15) is 14.0 Å². The summed E-state index contributed by atoms with van der Waals surface area (Å²) in [5.41, 5.74) is 0.336. The molecule has 2 amide bonds. The van der Waals surface area contributed by atoms with Crippen LogP contribution in [0.1, 0.15) is 5.56 Å². The van der Waals surface area contributed by atoms with Gasteiger partial charge in [-0.05, 0) is 6.07 Å². The third-order valence-electron chi connectivity index (χ3n) is 2.57. The second kappa shape index (κ2) is 8.11. The number of aliphatic carboxylic acids is 1. The molecular formula is C13H17FN2O4. The summed E-state index contributed by atoms with van der Waals surface area (Å²) in [6, 6.07) is 5.47. The number of carboxylic acids is 1. The van der Waals surface area contributed by atoms with Crippen LogP contribution in [0, 0.1) is 5.82 Å². The Kier molecular flexibility index (Phi) is 6.45. The zero-order chi connectivity index (χ0) is 15.0. The van der Waals surface area contributed by atoms with Crippen LogP contribution < -0.4 is 5.32 Å². The summed E-state index contributed by atoms with van der Waals surface area (Å²) in [6.45, 7) is -0.0760. The molecule has 1 aromatic rings. The number of ether oxygens (including phenoxy) is 1. The van der Waals surface area contributed by atoms with Gasteiger partial charge in [-0.1, -0.05) is 18.2 Å². The molecule has 2 N–H and O–H groups in total. The Morgan fingerprint density at radius 1 is 1.40 bits per heavy atom. The highest BCUT2D eigenvalue weighted by Crippen LogP contribution is 2.05. The third kappa shape index (κ3) is 5.23. The van der Waals surface area contributed by atoms with Crippen molar-refractivity contribution in [3.63, 3.8) is 0 Å². The fourth-order valence-corrected chi connectivity index (χ4v) is 1.54. The van der Waals surface area contributed by atoms with Crippen molar-refractivity contribution >= 4 is 12.0 Å². The van der Waals surface area contributed by atoms with Crippen LogP contribution >= 0.6 is 0 Å². The lowest BCUT2D eigenvalue weighted by Crippen LogP contribution is -2.44. The molecule has 0 heterocycles. The normalized spacial score (nSPS) is 10.1. The van der Waals surface area contributed by atoms with Gasteiger partial charge in [-0.3, -0.25) is 4.79 Å². The fourth-order valence-electron chi connectivity index (χ4n) is 1.54. The molecule has 0 saturated carbocycles. The number of hydrogen-bond donors (Lipinski definition) is 2. The van der Waals surface area contributed by atoms with Crippen LogP contribution in [0.3, 0.4) is 0 Å². The maximum atomic E-state index is 13.4. The van der Waals surface area contributed by atoms with Crippen molar-refractivity contribution in [2.75, 3.05) is 26.8 Å². The number of carboxylic acid groups (broad SMARTS) is 1. The highest BCUT2D eigenvalue weighted by atomic mass is 19.1. The second-order valence-corrected chi connectivity index (χ2v) is 4.06. The molecular weight excluding hydrogens is 267 g/mol. The zero-order valence-corrected chi connectivity index (χ0v) is 11.1. The number of benzene rings is 1. The Labute approximate surface area is 116 Å². The number of amides is 2. The lowest BCUT2D eigenvalue weighted by molar-refractivity contribution is -0.137. The SMILES string of the molecule is COCCN(CC(=O)O)C(=O)NCc1ccccc1F. The Hall–Kier alpha value is -2.15. The van der Waals surface area contributed by atoms with Crippen molar-refractivity contribution < 1.29 is 23.8 Å². The monoisotopic (exact) mass is 284 g/mol. The highest BCUT2D eigenvalue weighted by molar-refractivity contribution is 5.80. The van der Waals surface area contributed by atoms with Crippen molar-refractivity contribution in [2.24, 2.45) is 0 Å². The van der Waals surface area contributed by atoms with E-state index in [4.69, 9.17) is 9.84 Å². The average Bonchev–Trinajstić information content (AvgIpc) is 2.41. The molecule has 0 aromatic heterocycles. The molecule has 6 nitrogen and oxygen atoms in total. The van der Waals surface area contributed by atoms with Gasteiger partial charge < -0.3 is 20.1 Å². The van der Waals surface area contributed by atoms with E-state index in [-0.39, 0.29) is 19.7 Å². The summed E-state index contributed by atoms with van der Waals surface area (Å²) < 4.78 is 18.2. The van der Waals surface area contributed by atoms with Gasteiger partial charge in [-0.2, -0.15) is 0 Å². The van der Waals surface area contributed by atoms with Crippen LogP contribution in [0.2, 0.25) is 0 Å². The molecule has 0 aliphatic heterocycles. The number of hydrogen-bond acceptors (Lipinski definition) is 3. The first-order valence-corrected chi connectivity index (χ1v) is 6.01. The van der Waals surface area contributed by atoms with E-state index in [1.165, 1.54) is 13.2 Å². The van der Waals surface area contributed by atoms with E-state index in [0.717, 1.165) is 4.90 Å². The molecule has 0 aliphatic carbocycles. The van der Waals surface area contributed by atoms with E-state index < -0.39 is 24.4 Å². The van der Waals surface area contributed by atoms with Crippen molar-refractivity contribution in [2.45, 2.75) is 6.54 Å². The smallest absolute Gasteiger partial charge is 0.323 e. The molecule has 0 bridgehead atoms. The lowest BCUT2D eigenvalue weighted by atomic mass is 10.2. The van der Waals surface area contributed by atoms with Crippen LogP contribution in [-0.2, 0) is 16.1 Å². The maximum Gasteiger partial charge on any atom is 0.323 e. The lowest BCUT2D eigenvalue weighted by Gasteiger charge is -2.20. The van der Waals surface area contributed by atoms with E-state index in [2.05, 4.69) is 5.32 Å². The Bertz CT molecular complexity index is 467. The van der Waals surface area contributed by atoms with E-state index in [1.54, 1.807) is 18.2 Å². The number of halogens is 1. The van der Waals surface area contributed by atoms with Gasteiger partial charge >= 0.3 is 12.0 Å². The molecule has 0 saturated heterocycles. The molecule has 110 valence electrons. The highest BCUT2D eigenvalue weighted by Gasteiger charge is 2.16.